The highest BCUT2D eigenvalue weighted by molar-refractivity contribution is 6.33. The van der Waals surface area contributed by atoms with Gasteiger partial charge in [0.2, 0.25) is 0 Å². The summed E-state index contributed by atoms with van der Waals surface area (Å²) >= 11 is 6.02. The molecule has 0 bridgehead atoms. The van der Waals surface area contributed by atoms with Crippen molar-refractivity contribution in [3.05, 3.63) is 75.0 Å². The van der Waals surface area contributed by atoms with Crippen molar-refractivity contribution >= 4 is 40.1 Å². The molecule has 4 rings (SSSR count). The van der Waals surface area contributed by atoms with Crippen LogP contribution in [0.25, 0.3) is 11.0 Å². The molecule has 3 aromatic rings. The Bertz CT molecular complexity index is 1120. The summed E-state index contributed by atoms with van der Waals surface area (Å²) in [5.74, 6) is -0.0639. The molecule has 1 aliphatic rings. The number of nitrogens with zero attached hydrogens (tertiary/aromatic N) is 2. The lowest BCUT2D eigenvalue weighted by Gasteiger charge is -2.31. The van der Waals surface area contributed by atoms with Crippen molar-refractivity contribution in [2.75, 3.05) is 19.6 Å². The molecule has 2 heterocycles. The number of hydrogen-bond donors (Lipinski definition) is 1. The van der Waals surface area contributed by atoms with Crippen LogP contribution < -0.4 is 5.32 Å². The topological polar surface area (TPSA) is 106 Å². The number of nitro benzene ring substituents is 1. The molecule has 9 heteroatoms. The number of non-ortho nitro benzene ring substituents is 1. The Morgan fingerprint density at radius 3 is 2.61 bits per heavy atom. The monoisotopic (exact) mass is 441 g/mol. The predicted molar refractivity (Wildman–Crippen MR) is 115 cm³/mol. The lowest BCUT2D eigenvalue weighted by Crippen LogP contribution is -2.41. The van der Waals surface area contributed by atoms with Gasteiger partial charge in [-0.05, 0) is 37.0 Å². The van der Waals surface area contributed by atoms with E-state index in [4.69, 9.17) is 16.0 Å². The Kier molecular flexibility index (Phi) is 5.90. The van der Waals surface area contributed by atoms with Crippen LogP contribution in [0.4, 0.5) is 5.69 Å². The molecule has 1 saturated heterocycles. The van der Waals surface area contributed by atoms with E-state index >= 15 is 0 Å². The molecule has 0 saturated carbocycles. The summed E-state index contributed by atoms with van der Waals surface area (Å²) in [6.07, 6.45) is 1.46. The Labute approximate surface area is 182 Å². The standard InChI is InChI=1S/C22H20ClN3O5/c23-18-6-5-16(26(29)30)12-17(18)21(27)24-13-14-7-9-25(10-8-14)22(28)20-11-15-3-1-2-4-19(15)31-20/h1-6,11-12,14H,7-10,13H2,(H,24,27). The molecule has 0 spiro atoms. The minimum Gasteiger partial charge on any atom is -0.451 e. The molecule has 1 N–H and O–H groups in total. The number of para-hydroxylation sites is 1. The Hall–Kier alpha value is -3.39. The molecule has 31 heavy (non-hydrogen) atoms. The van der Waals surface area contributed by atoms with Crippen LogP contribution in [0.3, 0.4) is 0 Å². The van der Waals surface area contributed by atoms with Gasteiger partial charge in [-0.25, -0.2) is 0 Å². The van der Waals surface area contributed by atoms with Crippen LogP contribution >= 0.6 is 11.6 Å². The zero-order chi connectivity index (χ0) is 22.0. The number of nitro groups is 1. The predicted octanol–water partition coefficient (Wildman–Crippen LogP) is 4.28. The number of likely N-dealkylation sites (tertiary alicyclic amines) is 1. The summed E-state index contributed by atoms with van der Waals surface area (Å²) in [7, 11) is 0. The average Bonchev–Trinajstić information content (AvgIpc) is 3.22. The summed E-state index contributed by atoms with van der Waals surface area (Å²) in [5.41, 5.74) is 0.573. The number of halogens is 1. The van der Waals surface area contributed by atoms with E-state index in [-0.39, 0.29) is 28.1 Å². The first-order valence-corrected chi connectivity index (χ1v) is 10.3. The van der Waals surface area contributed by atoms with Crippen LogP contribution in [0.5, 0.6) is 0 Å². The Balaban J connectivity index is 1.31. The maximum absolute atomic E-state index is 12.7. The molecule has 8 nitrogen and oxygen atoms in total. The Morgan fingerprint density at radius 1 is 1.16 bits per heavy atom. The van der Waals surface area contributed by atoms with Gasteiger partial charge in [-0.2, -0.15) is 0 Å². The van der Waals surface area contributed by atoms with Crippen molar-refractivity contribution in [1.29, 1.82) is 0 Å². The molecule has 0 atom stereocenters. The molecule has 0 aliphatic carbocycles. The van der Waals surface area contributed by atoms with E-state index in [1.165, 1.54) is 18.2 Å². The van der Waals surface area contributed by atoms with Gasteiger partial charge in [0.05, 0.1) is 15.5 Å². The zero-order valence-electron chi connectivity index (χ0n) is 16.5. The second-order valence-electron chi connectivity index (χ2n) is 7.52. The first kappa shape index (κ1) is 20.9. The third-order valence-corrected chi connectivity index (χ3v) is 5.82. The van der Waals surface area contributed by atoms with Gasteiger partial charge in [-0.3, -0.25) is 19.7 Å². The van der Waals surface area contributed by atoms with Crippen molar-refractivity contribution in [1.82, 2.24) is 10.2 Å². The van der Waals surface area contributed by atoms with E-state index in [1.54, 1.807) is 11.0 Å². The van der Waals surface area contributed by atoms with Gasteiger partial charge in [0.15, 0.2) is 5.76 Å². The number of fused-ring (bicyclic) bond motifs is 1. The highest BCUT2D eigenvalue weighted by Gasteiger charge is 2.26. The molecule has 0 radical (unpaired) electrons. The number of nitrogens with one attached hydrogen (secondary N) is 1. The molecule has 2 aromatic carbocycles. The van der Waals surface area contributed by atoms with Gasteiger partial charge in [-0.15, -0.1) is 0 Å². The molecule has 1 aliphatic heterocycles. The number of benzene rings is 2. The number of carbonyl (C=O) groups is 2. The largest absolute Gasteiger partial charge is 0.451 e. The quantitative estimate of drug-likeness (QED) is 0.470. The van der Waals surface area contributed by atoms with Crippen molar-refractivity contribution in [3.8, 4) is 0 Å². The van der Waals surface area contributed by atoms with Crippen LogP contribution in [0, 0.1) is 16.0 Å². The van der Waals surface area contributed by atoms with Gasteiger partial charge in [0.1, 0.15) is 5.58 Å². The summed E-state index contributed by atoms with van der Waals surface area (Å²) in [6.45, 7) is 1.53. The van der Waals surface area contributed by atoms with Gasteiger partial charge >= 0.3 is 0 Å². The van der Waals surface area contributed by atoms with Crippen molar-refractivity contribution in [2.24, 2.45) is 5.92 Å². The third kappa shape index (κ3) is 4.54. The number of hydrogen-bond acceptors (Lipinski definition) is 5. The molecule has 160 valence electrons. The molecular weight excluding hydrogens is 422 g/mol. The summed E-state index contributed by atoms with van der Waals surface area (Å²) in [5, 5.41) is 14.8. The first-order valence-electron chi connectivity index (χ1n) is 9.92. The van der Waals surface area contributed by atoms with E-state index < -0.39 is 10.8 Å². The van der Waals surface area contributed by atoms with Gasteiger partial charge in [-0.1, -0.05) is 29.8 Å². The fraction of sp³-hybridized carbons (Fsp3) is 0.273. The number of piperidine rings is 1. The average molecular weight is 442 g/mol. The van der Waals surface area contributed by atoms with E-state index in [1.807, 2.05) is 24.3 Å². The SMILES string of the molecule is O=C(NCC1CCN(C(=O)c2cc3ccccc3o2)CC1)c1cc([N+](=O)[O-])ccc1Cl. The van der Waals surface area contributed by atoms with E-state index in [2.05, 4.69) is 5.32 Å². The zero-order valence-corrected chi connectivity index (χ0v) is 17.3. The minimum absolute atomic E-state index is 0.0772. The van der Waals surface area contributed by atoms with E-state index in [0.717, 1.165) is 18.2 Å². The molecule has 1 fully saturated rings. The highest BCUT2D eigenvalue weighted by atomic mass is 35.5. The second kappa shape index (κ2) is 8.77. The summed E-state index contributed by atoms with van der Waals surface area (Å²) in [6, 6.07) is 13.0. The van der Waals surface area contributed by atoms with Gasteiger partial charge < -0.3 is 14.6 Å². The summed E-state index contributed by atoms with van der Waals surface area (Å²) in [4.78, 5) is 37.3. The number of carbonyl (C=O) groups excluding carboxylic acids is 2. The van der Waals surface area contributed by atoms with Crippen LogP contribution in [0.1, 0.15) is 33.8 Å². The molecular formula is C22H20ClN3O5. The van der Waals surface area contributed by atoms with E-state index in [9.17, 15) is 19.7 Å². The van der Waals surface area contributed by atoms with Crippen molar-refractivity contribution in [2.45, 2.75) is 12.8 Å². The number of amides is 2. The molecule has 0 unspecified atom stereocenters. The van der Waals surface area contributed by atoms with Gasteiger partial charge in [0, 0.05) is 37.2 Å². The fourth-order valence-corrected chi connectivity index (χ4v) is 3.92. The smallest absolute Gasteiger partial charge is 0.289 e. The third-order valence-electron chi connectivity index (χ3n) is 5.49. The van der Waals surface area contributed by atoms with Crippen LogP contribution in [-0.4, -0.2) is 41.3 Å². The number of rotatable bonds is 5. The maximum Gasteiger partial charge on any atom is 0.289 e. The van der Waals surface area contributed by atoms with Crippen LogP contribution in [-0.2, 0) is 0 Å². The summed E-state index contributed by atoms with van der Waals surface area (Å²) < 4.78 is 5.67. The fourth-order valence-electron chi connectivity index (χ4n) is 3.72. The molecule has 1 aromatic heterocycles. The minimum atomic E-state index is -0.568. The first-order chi connectivity index (χ1) is 14.9. The normalized spacial score (nSPS) is 14.5. The highest BCUT2D eigenvalue weighted by Crippen LogP contribution is 2.24. The Morgan fingerprint density at radius 2 is 1.90 bits per heavy atom. The number of furan rings is 1. The second-order valence-corrected chi connectivity index (χ2v) is 7.92. The van der Waals surface area contributed by atoms with Gasteiger partial charge in [0.25, 0.3) is 17.5 Å². The van der Waals surface area contributed by atoms with E-state index in [0.29, 0.717) is 31.0 Å². The van der Waals surface area contributed by atoms with Crippen molar-refractivity contribution < 1.29 is 18.9 Å². The lowest BCUT2D eigenvalue weighted by molar-refractivity contribution is -0.384. The lowest BCUT2D eigenvalue weighted by atomic mass is 9.96. The van der Waals surface area contributed by atoms with Crippen LogP contribution in [0.2, 0.25) is 5.02 Å². The van der Waals surface area contributed by atoms with Crippen molar-refractivity contribution in [3.63, 3.8) is 0 Å². The molecule has 2 amide bonds. The van der Waals surface area contributed by atoms with Crippen LogP contribution in [0.15, 0.2) is 52.9 Å². The maximum atomic E-state index is 12.7.